The zero-order valence-corrected chi connectivity index (χ0v) is 7.74. The highest BCUT2D eigenvalue weighted by Gasteiger charge is 2.01. The third-order valence-electron chi connectivity index (χ3n) is 1.67. The van der Waals surface area contributed by atoms with Crippen LogP contribution in [0.3, 0.4) is 0 Å². The molecular formula is C9H14N2O. The van der Waals surface area contributed by atoms with Crippen molar-refractivity contribution in [3.05, 3.63) is 17.8 Å². The number of hydrogen-bond acceptors (Lipinski definition) is 3. The van der Waals surface area contributed by atoms with Crippen LogP contribution in [0.5, 0.6) is 5.88 Å². The van der Waals surface area contributed by atoms with E-state index in [9.17, 15) is 0 Å². The molecule has 0 aromatic carbocycles. The summed E-state index contributed by atoms with van der Waals surface area (Å²) in [4.78, 5) is 0. The average Bonchev–Trinajstić information content (AvgIpc) is 2.09. The predicted octanol–water partition coefficient (Wildman–Crippen LogP) is 1.96. The Balaban J connectivity index is 2.58. The lowest BCUT2D eigenvalue weighted by Gasteiger charge is -2.10. The van der Waals surface area contributed by atoms with E-state index in [4.69, 9.17) is 4.74 Å². The van der Waals surface area contributed by atoms with Crippen LogP contribution >= 0.6 is 0 Å². The van der Waals surface area contributed by atoms with Crippen LogP contribution in [0.25, 0.3) is 0 Å². The Hall–Kier alpha value is -1.12. The van der Waals surface area contributed by atoms with Gasteiger partial charge in [-0.3, -0.25) is 0 Å². The number of aromatic nitrogens is 2. The minimum Gasteiger partial charge on any atom is -0.474 e. The summed E-state index contributed by atoms with van der Waals surface area (Å²) in [6.07, 6.45) is 1.19. The Labute approximate surface area is 72.8 Å². The van der Waals surface area contributed by atoms with E-state index in [-0.39, 0.29) is 6.10 Å². The third-order valence-corrected chi connectivity index (χ3v) is 1.67. The van der Waals surface area contributed by atoms with Crippen LogP contribution in [-0.4, -0.2) is 16.3 Å². The summed E-state index contributed by atoms with van der Waals surface area (Å²) in [5, 5.41) is 7.79. The quantitative estimate of drug-likeness (QED) is 0.688. The maximum atomic E-state index is 5.44. The van der Waals surface area contributed by atoms with Crippen molar-refractivity contribution in [1.29, 1.82) is 0 Å². The van der Waals surface area contributed by atoms with E-state index in [1.807, 2.05) is 26.0 Å². The molecule has 1 unspecified atom stereocenters. The van der Waals surface area contributed by atoms with Gasteiger partial charge in [0.05, 0.1) is 11.8 Å². The maximum Gasteiger partial charge on any atom is 0.233 e. The molecule has 0 saturated carbocycles. The monoisotopic (exact) mass is 166 g/mol. The number of rotatable bonds is 3. The Morgan fingerprint density at radius 1 is 1.42 bits per heavy atom. The molecule has 0 spiro atoms. The second-order valence-corrected chi connectivity index (χ2v) is 2.85. The number of aryl methyl sites for hydroxylation is 1. The van der Waals surface area contributed by atoms with Gasteiger partial charge in [-0.25, -0.2) is 0 Å². The topological polar surface area (TPSA) is 35.0 Å². The molecule has 66 valence electrons. The van der Waals surface area contributed by atoms with Gasteiger partial charge in [0, 0.05) is 6.07 Å². The lowest BCUT2D eigenvalue weighted by Crippen LogP contribution is -2.11. The van der Waals surface area contributed by atoms with Crippen molar-refractivity contribution in [3.8, 4) is 5.88 Å². The minimum absolute atomic E-state index is 0.210. The summed E-state index contributed by atoms with van der Waals surface area (Å²) >= 11 is 0. The Morgan fingerprint density at radius 3 is 2.67 bits per heavy atom. The molecule has 1 aromatic heterocycles. The molecule has 0 radical (unpaired) electrons. The summed E-state index contributed by atoms with van der Waals surface area (Å²) in [6, 6.07) is 3.74. The lowest BCUT2D eigenvalue weighted by molar-refractivity contribution is 0.206. The SMILES string of the molecule is CCC(C)Oc1ccc(C)nn1. The fourth-order valence-corrected chi connectivity index (χ4v) is 0.739. The van der Waals surface area contributed by atoms with Gasteiger partial charge >= 0.3 is 0 Å². The maximum absolute atomic E-state index is 5.44. The smallest absolute Gasteiger partial charge is 0.233 e. The molecule has 1 rings (SSSR count). The van der Waals surface area contributed by atoms with Crippen molar-refractivity contribution in [2.45, 2.75) is 33.3 Å². The van der Waals surface area contributed by atoms with Gasteiger partial charge in [-0.2, -0.15) is 5.10 Å². The first-order chi connectivity index (χ1) is 5.72. The van der Waals surface area contributed by atoms with Crippen LogP contribution in [0.4, 0.5) is 0 Å². The standard InChI is InChI=1S/C9H14N2O/c1-4-8(3)12-9-6-5-7(2)10-11-9/h5-6,8H,4H2,1-3H3. The van der Waals surface area contributed by atoms with Crippen LogP contribution < -0.4 is 4.74 Å². The summed E-state index contributed by atoms with van der Waals surface area (Å²) < 4.78 is 5.44. The normalized spacial score (nSPS) is 12.6. The van der Waals surface area contributed by atoms with E-state index >= 15 is 0 Å². The van der Waals surface area contributed by atoms with Crippen LogP contribution in [0.15, 0.2) is 12.1 Å². The van der Waals surface area contributed by atoms with Gasteiger partial charge in [0.1, 0.15) is 0 Å². The Kier molecular flexibility index (Phi) is 3.02. The van der Waals surface area contributed by atoms with Crippen molar-refractivity contribution >= 4 is 0 Å². The predicted molar refractivity (Wildman–Crippen MR) is 47.2 cm³/mol. The van der Waals surface area contributed by atoms with Gasteiger partial charge < -0.3 is 4.74 Å². The molecule has 0 N–H and O–H groups in total. The molecule has 1 aromatic rings. The average molecular weight is 166 g/mol. The van der Waals surface area contributed by atoms with Gasteiger partial charge in [0.2, 0.25) is 5.88 Å². The summed E-state index contributed by atoms with van der Waals surface area (Å²) in [5.41, 5.74) is 0.909. The highest BCUT2D eigenvalue weighted by molar-refractivity contribution is 5.10. The second-order valence-electron chi connectivity index (χ2n) is 2.85. The molecule has 0 bridgehead atoms. The number of ether oxygens (including phenoxy) is 1. The first-order valence-electron chi connectivity index (χ1n) is 4.19. The number of nitrogens with zero attached hydrogens (tertiary/aromatic N) is 2. The van der Waals surface area contributed by atoms with E-state index in [0.29, 0.717) is 5.88 Å². The molecule has 12 heavy (non-hydrogen) atoms. The third kappa shape index (κ3) is 2.49. The first kappa shape index (κ1) is 8.97. The molecule has 1 atom stereocenters. The fraction of sp³-hybridized carbons (Fsp3) is 0.556. The van der Waals surface area contributed by atoms with E-state index in [0.717, 1.165) is 12.1 Å². The summed E-state index contributed by atoms with van der Waals surface area (Å²) in [7, 11) is 0. The molecule has 0 aliphatic carbocycles. The van der Waals surface area contributed by atoms with Crippen molar-refractivity contribution in [3.63, 3.8) is 0 Å². The Bertz CT molecular complexity index is 233. The molecule has 0 saturated heterocycles. The molecule has 0 aliphatic heterocycles. The van der Waals surface area contributed by atoms with Crippen molar-refractivity contribution in [1.82, 2.24) is 10.2 Å². The fourth-order valence-electron chi connectivity index (χ4n) is 0.739. The zero-order chi connectivity index (χ0) is 8.97. The van der Waals surface area contributed by atoms with Crippen LogP contribution in [0.1, 0.15) is 26.0 Å². The van der Waals surface area contributed by atoms with Crippen molar-refractivity contribution in [2.24, 2.45) is 0 Å². The van der Waals surface area contributed by atoms with Crippen LogP contribution in [0.2, 0.25) is 0 Å². The summed E-state index contributed by atoms with van der Waals surface area (Å²) in [5.74, 6) is 0.606. The van der Waals surface area contributed by atoms with E-state index < -0.39 is 0 Å². The largest absolute Gasteiger partial charge is 0.474 e. The van der Waals surface area contributed by atoms with E-state index in [2.05, 4.69) is 17.1 Å². The first-order valence-corrected chi connectivity index (χ1v) is 4.19. The number of hydrogen-bond donors (Lipinski definition) is 0. The van der Waals surface area contributed by atoms with Crippen LogP contribution in [-0.2, 0) is 0 Å². The molecular weight excluding hydrogens is 152 g/mol. The molecule has 0 fully saturated rings. The second kappa shape index (κ2) is 4.04. The summed E-state index contributed by atoms with van der Waals surface area (Å²) in [6.45, 7) is 5.99. The van der Waals surface area contributed by atoms with Gasteiger partial charge in [0.15, 0.2) is 0 Å². The molecule has 0 amide bonds. The molecule has 3 heteroatoms. The lowest BCUT2D eigenvalue weighted by atomic mass is 10.3. The van der Waals surface area contributed by atoms with Gasteiger partial charge in [0.25, 0.3) is 0 Å². The van der Waals surface area contributed by atoms with E-state index in [1.165, 1.54) is 0 Å². The molecule has 0 aliphatic rings. The molecule has 3 nitrogen and oxygen atoms in total. The Morgan fingerprint density at radius 2 is 2.17 bits per heavy atom. The highest BCUT2D eigenvalue weighted by atomic mass is 16.5. The van der Waals surface area contributed by atoms with E-state index in [1.54, 1.807) is 0 Å². The highest BCUT2D eigenvalue weighted by Crippen LogP contribution is 2.07. The van der Waals surface area contributed by atoms with Crippen molar-refractivity contribution < 1.29 is 4.74 Å². The van der Waals surface area contributed by atoms with Crippen LogP contribution in [0, 0.1) is 6.92 Å². The zero-order valence-electron chi connectivity index (χ0n) is 7.74. The van der Waals surface area contributed by atoms with Crippen molar-refractivity contribution in [2.75, 3.05) is 0 Å². The molecule has 1 heterocycles. The van der Waals surface area contributed by atoms with Gasteiger partial charge in [-0.1, -0.05) is 6.92 Å². The minimum atomic E-state index is 0.210. The van der Waals surface area contributed by atoms with Gasteiger partial charge in [-0.15, -0.1) is 5.10 Å². The van der Waals surface area contributed by atoms with Gasteiger partial charge in [-0.05, 0) is 26.3 Å².